The Balaban J connectivity index is 1.93. The molecule has 0 radical (unpaired) electrons. The number of ether oxygens (including phenoxy) is 1. The lowest BCUT2D eigenvalue weighted by molar-refractivity contribution is -0.131. The van der Waals surface area contributed by atoms with Gasteiger partial charge in [-0.15, -0.1) is 0 Å². The third kappa shape index (κ3) is 3.57. The Bertz CT molecular complexity index is 742. The summed E-state index contributed by atoms with van der Waals surface area (Å²) in [5.74, 6) is -0.355. The molecule has 2 aliphatic rings. The van der Waals surface area contributed by atoms with Gasteiger partial charge in [-0.3, -0.25) is 10.0 Å². The van der Waals surface area contributed by atoms with Gasteiger partial charge in [0.2, 0.25) is 0 Å². The number of amides is 3. The molecule has 138 valence electrons. The molecule has 1 aliphatic carbocycles. The van der Waals surface area contributed by atoms with Crippen LogP contribution in [-0.4, -0.2) is 54.2 Å². The van der Waals surface area contributed by atoms with Gasteiger partial charge in [-0.25, -0.2) is 10.3 Å². The van der Waals surface area contributed by atoms with Gasteiger partial charge in [0.05, 0.1) is 18.5 Å². The Morgan fingerprint density at radius 2 is 2.00 bits per heavy atom. The van der Waals surface area contributed by atoms with Gasteiger partial charge in [0.15, 0.2) is 0 Å². The largest absolute Gasteiger partial charge is 0.491 e. The molecule has 1 unspecified atom stereocenters. The average Bonchev–Trinajstić information content (AvgIpc) is 2.86. The molecule has 0 spiro atoms. The van der Waals surface area contributed by atoms with Crippen molar-refractivity contribution in [3.05, 3.63) is 59.4 Å². The fraction of sp³-hybridized carbons (Fsp3) is 0.368. The number of nitrogens with zero attached hydrogens (tertiary/aromatic N) is 2. The third-order valence-electron chi connectivity index (χ3n) is 4.66. The van der Waals surface area contributed by atoms with Crippen LogP contribution in [0.15, 0.2) is 53.8 Å². The van der Waals surface area contributed by atoms with Crippen LogP contribution in [0.4, 0.5) is 4.79 Å². The molecule has 3 amide bonds. The lowest BCUT2D eigenvalue weighted by Gasteiger charge is -2.31. The van der Waals surface area contributed by atoms with E-state index in [1.54, 1.807) is 35.5 Å². The van der Waals surface area contributed by atoms with E-state index in [0.717, 1.165) is 11.1 Å². The van der Waals surface area contributed by atoms with Crippen molar-refractivity contribution in [2.75, 3.05) is 27.2 Å². The van der Waals surface area contributed by atoms with Crippen molar-refractivity contribution in [1.29, 1.82) is 0 Å². The molecule has 0 aromatic heterocycles. The number of rotatable bonds is 2. The molecule has 2 atom stereocenters. The van der Waals surface area contributed by atoms with Crippen molar-refractivity contribution in [2.24, 2.45) is 5.92 Å². The van der Waals surface area contributed by atoms with Crippen LogP contribution in [0, 0.1) is 5.92 Å². The second kappa shape index (κ2) is 7.61. The minimum absolute atomic E-state index is 0.0974. The van der Waals surface area contributed by atoms with E-state index in [4.69, 9.17) is 9.94 Å². The number of hydrogen-bond donors (Lipinski definition) is 2. The minimum atomic E-state index is -0.481. The summed E-state index contributed by atoms with van der Waals surface area (Å²) in [4.78, 5) is 27.8. The van der Waals surface area contributed by atoms with Crippen LogP contribution in [0.1, 0.15) is 18.0 Å². The quantitative estimate of drug-likeness (QED) is 0.627. The summed E-state index contributed by atoms with van der Waals surface area (Å²) in [6.07, 6.45) is 4.07. The predicted octanol–water partition coefficient (Wildman–Crippen LogP) is 2.08. The first kappa shape index (κ1) is 18.0. The number of nitrogens with one attached hydrogen (secondary N) is 1. The number of benzene rings is 1. The van der Waals surface area contributed by atoms with Crippen LogP contribution in [0.25, 0.3) is 0 Å². The van der Waals surface area contributed by atoms with Crippen molar-refractivity contribution in [2.45, 2.75) is 12.5 Å². The predicted molar refractivity (Wildman–Crippen MR) is 95.1 cm³/mol. The number of hydrogen-bond acceptors (Lipinski definition) is 4. The first-order valence-electron chi connectivity index (χ1n) is 8.52. The van der Waals surface area contributed by atoms with E-state index in [2.05, 4.69) is 0 Å². The summed E-state index contributed by atoms with van der Waals surface area (Å²) in [6, 6.07) is 9.43. The number of allylic oxidation sites excluding steroid dienone is 1. The van der Waals surface area contributed by atoms with Crippen molar-refractivity contribution in [1.82, 2.24) is 15.3 Å². The first-order chi connectivity index (χ1) is 12.5. The molecular weight excluding hydrogens is 334 g/mol. The smallest absolute Gasteiger partial charge is 0.320 e. The van der Waals surface area contributed by atoms with E-state index < -0.39 is 11.8 Å². The van der Waals surface area contributed by atoms with E-state index in [-0.39, 0.29) is 12.1 Å². The average molecular weight is 357 g/mol. The van der Waals surface area contributed by atoms with Crippen molar-refractivity contribution >= 4 is 11.9 Å². The Morgan fingerprint density at radius 3 is 2.65 bits per heavy atom. The number of carbonyl (C=O) groups excluding carboxylic acids is 2. The highest BCUT2D eigenvalue weighted by Gasteiger charge is 2.34. The Labute approximate surface area is 152 Å². The molecule has 2 N–H and O–H groups in total. The molecular formula is C19H23N3O4. The van der Waals surface area contributed by atoms with Crippen molar-refractivity contribution in [3.8, 4) is 0 Å². The van der Waals surface area contributed by atoms with Crippen molar-refractivity contribution in [3.63, 3.8) is 0 Å². The van der Waals surface area contributed by atoms with Gasteiger partial charge in [-0.1, -0.05) is 36.4 Å². The van der Waals surface area contributed by atoms with Gasteiger partial charge in [-0.05, 0) is 18.1 Å². The highest BCUT2D eigenvalue weighted by atomic mass is 16.5. The molecule has 1 saturated heterocycles. The zero-order valence-electron chi connectivity index (χ0n) is 14.9. The second-order valence-corrected chi connectivity index (χ2v) is 6.62. The number of fused-ring (bicyclic) bond motifs is 1. The molecule has 1 aromatic carbocycles. The van der Waals surface area contributed by atoms with Gasteiger partial charge in [0.1, 0.15) is 12.4 Å². The van der Waals surface area contributed by atoms with Gasteiger partial charge >= 0.3 is 6.03 Å². The Hall–Kier alpha value is -2.80. The van der Waals surface area contributed by atoms with E-state index in [1.807, 2.05) is 36.4 Å². The van der Waals surface area contributed by atoms with Gasteiger partial charge in [-0.2, -0.15) is 0 Å². The van der Waals surface area contributed by atoms with Crippen molar-refractivity contribution < 1.29 is 19.5 Å². The standard InChI is InChI=1S/C19H23N3O4/c1-21(2)19(24)22-11-15-9-8-14(18(23)20-25)10-17(15)26-12-16(22)13-6-4-3-5-7-13/h3-7,9-10,14,16,25H,8,11-12H2,1-2H3,(H,20,23)/t14?,16-/m1/s1. The summed E-state index contributed by atoms with van der Waals surface area (Å²) in [7, 11) is 3.45. The van der Waals surface area contributed by atoms with Crippen LogP contribution < -0.4 is 5.48 Å². The minimum Gasteiger partial charge on any atom is -0.491 e. The summed E-state index contributed by atoms with van der Waals surface area (Å²) >= 11 is 0. The maximum Gasteiger partial charge on any atom is 0.320 e. The van der Waals surface area contributed by atoms with Crippen LogP contribution in [0.5, 0.6) is 0 Å². The summed E-state index contributed by atoms with van der Waals surface area (Å²) in [5, 5.41) is 8.86. The first-order valence-corrected chi connectivity index (χ1v) is 8.52. The molecule has 26 heavy (non-hydrogen) atoms. The fourth-order valence-corrected chi connectivity index (χ4v) is 3.24. The Kier molecular flexibility index (Phi) is 5.27. The van der Waals surface area contributed by atoms with Crippen LogP contribution >= 0.6 is 0 Å². The highest BCUT2D eigenvalue weighted by molar-refractivity contribution is 5.80. The maximum atomic E-state index is 12.8. The van der Waals surface area contributed by atoms with E-state index in [1.165, 1.54) is 0 Å². The molecule has 7 nitrogen and oxygen atoms in total. The molecule has 3 rings (SSSR count). The summed E-state index contributed by atoms with van der Waals surface area (Å²) in [6.45, 7) is 0.691. The fourth-order valence-electron chi connectivity index (χ4n) is 3.24. The van der Waals surface area contributed by atoms with Crippen LogP contribution in [-0.2, 0) is 9.53 Å². The van der Waals surface area contributed by atoms with Gasteiger partial charge in [0, 0.05) is 19.7 Å². The SMILES string of the molecule is CN(C)C(=O)N1CC2=CCC(C(=O)NO)C=C2OC[C@@H]1c1ccccc1. The molecule has 1 fully saturated rings. The molecule has 0 saturated carbocycles. The topological polar surface area (TPSA) is 82.1 Å². The lowest BCUT2D eigenvalue weighted by atomic mass is 9.94. The van der Waals surface area contributed by atoms with Crippen LogP contribution in [0.3, 0.4) is 0 Å². The zero-order chi connectivity index (χ0) is 18.7. The number of hydroxylamine groups is 1. The molecule has 1 heterocycles. The zero-order valence-corrected chi connectivity index (χ0v) is 14.9. The third-order valence-corrected chi connectivity index (χ3v) is 4.66. The van der Waals surface area contributed by atoms with Gasteiger partial charge < -0.3 is 14.5 Å². The lowest BCUT2D eigenvalue weighted by Crippen LogP contribution is -2.43. The molecule has 7 heteroatoms. The van der Waals surface area contributed by atoms with E-state index in [9.17, 15) is 9.59 Å². The summed E-state index contributed by atoms with van der Waals surface area (Å²) < 4.78 is 5.98. The molecule has 0 bridgehead atoms. The van der Waals surface area contributed by atoms with E-state index in [0.29, 0.717) is 25.3 Å². The second-order valence-electron chi connectivity index (χ2n) is 6.62. The maximum absolute atomic E-state index is 12.8. The normalized spacial score (nSPS) is 22.2. The number of urea groups is 1. The molecule has 1 aromatic rings. The highest BCUT2D eigenvalue weighted by Crippen LogP contribution is 2.33. The molecule has 1 aliphatic heterocycles. The van der Waals surface area contributed by atoms with Crippen LogP contribution in [0.2, 0.25) is 0 Å². The summed E-state index contributed by atoms with van der Waals surface area (Å²) in [5.41, 5.74) is 3.55. The monoisotopic (exact) mass is 357 g/mol. The van der Waals surface area contributed by atoms with E-state index >= 15 is 0 Å². The number of carbonyl (C=O) groups is 2. The van der Waals surface area contributed by atoms with Gasteiger partial charge in [0.25, 0.3) is 5.91 Å². The Morgan fingerprint density at radius 1 is 1.27 bits per heavy atom.